The lowest BCUT2D eigenvalue weighted by Crippen LogP contribution is -2.17. The molecule has 2 aromatic rings. The molecule has 0 aliphatic rings. The number of thiophene rings is 1. The molecule has 0 saturated carbocycles. The summed E-state index contributed by atoms with van der Waals surface area (Å²) in [5.41, 5.74) is 2.36. The Morgan fingerprint density at radius 2 is 1.82 bits per heavy atom. The summed E-state index contributed by atoms with van der Waals surface area (Å²) in [7, 11) is -2.21. The summed E-state index contributed by atoms with van der Waals surface area (Å²) in [6.07, 6.45) is 0. The van der Waals surface area contributed by atoms with Crippen LogP contribution in [0.4, 0.5) is 5.69 Å². The van der Waals surface area contributed by atoms with Crippen molar-refractivity contribution in [3.05, 3.63) is 45.1 Å². The Balaban J connectivity index is 2.41. The summed E-state index contributed by atoms with van der Waals surface area (Å²) < 4.78 is 27.8. The Morgan fingerprint density at radius 1 is 1.14 bits per heavy atom. The number of amides is 1. The summed E-state index contributed by atoms with van der Waals surface area (Å²) in [5.74, 6) is -0.290. The third-order valence-corrected chi connectivity index (χ3v) is 5.92. The maximum Gasteiger partial charge on any atom is 0.263 e. The first-order chi connectivity index (χ1) is 10.2. The van der Waals surface area contributed by atoms with Crippen LogP contribution in [-0.4, -0.2) is 21.4 Å². The van der Waals surface area contributed by atoms with Gasteiger partial charge in [0.1, 0.15) is 4.90 Å². The zero-order valence-corrected chi connectivity index (χ0v) is 14.5. The van der Waals surface area contributed by atoms with Gasteiger partial charge in [-0.05, 0) is 44.0 Å². The average molecular weight is 338 g/mol. The average Bonchev–Trinajstić information content (AvgIpc) is 2.84. The number of hydrogen-bond donors (Lipinski definition) is 2. The van der Waals surface area contributed by atoms with Gasteiger partial charge in [0.25, 0.3) is 15.9 Å². The van der Waals surface area contributed by atoms with E-state index < -0.39 is 10.0 Å². The number of hydrogen-bond acceptors (Lipinski definition) is 4. The van der Waals surface area contributed by atoms with E-state index in [9.17, 15) is 13.2 Å². The highest BCUT2D eigenvalue weighted by molar-refractivity contribution is 7.93. The number of carbonyl (C=O) groups is 1. The van der Waals surface area contributed by atoms with Crippen LogP contribution in [0.1, 0.15) is 25.7 Å². The number of nitrogens with one attached hydrogen (secondary N) is 2. The van der Waals surface area contributed by atoms with E-state index in [1.165, 1.54) is 13.1 Å². The lowest BCUT2D eigenvalue weighted by molar-refractivity contribution is 0.0967. The van der Waals surface area contributed by atoms with E-state index >= 15 is 0 Å². The molecule has 5 nitrogen and oxygen atoms in total. The van der Waals surface area contributed by atoms with Gasteiger partial charge in [0.15, 0.2) is 0 Å². The largest absolute Gasteiger partial charge is 0.354 e. The second kappa shape index (κ2) is 6.10. The van der Waals surface area contributed by atoms with Crippen LogP contribution in [0, 0.1) is 20.8 Å². The van der Waals surface area contributed by atoms with Crippen LogP contribution in [0.3, 0.4) is 0 Å². The van der Waals surface area contributed by atoms with Gasteiger partial charge >= 0.3 is 0 Å². The van der Waals surface area contributed by atoms with Gasteiger partial charge in [0.05, 0.1) is 10.6 Å². The smallest absolute Gasteiger partial charge is 0.263 e. The molecule has 1 amide bonds. The van der Waals surface area contributed by atoms with Crippen LogP contribution < -0.4 is 10.0 Å². The van der Waals surface area contributed by atoms with E-state index in [4.69, 9.17) is 0 Å². The summed E-state index contributed by atoms with van der Waals surface area (Å²) in [5, 5.41) is 2.50. The third kappa shape index (κ3) is 3.31. The van der Waals surface area contributed by atoms with Crippen LogP contribution in [0.5, 0.6) is 0 Å². The van der Waals surface area contributed by atoms with E-state index in [-0.39, 0.29) is 10.8 Å². The Kier molecular flexibility index (Phi) is 4.58. The Labute approximate surface area is 134 Å². The summed E-state index contributed by atoms with van der Waals surface area (Å²) >= 11 is 1.16. The zero-order chi connectivity index (χ0) is 16.5. The predicted molar refractivity (Wildman–Crippen MR) is 89.2 cm³/mol. The van der Waals surface area contributed by atoms with Crippen LogP contribution in [-0.2, 0) is 10.0 Å². The van der Waals surface area contributed by atoms with Gasteiger partial charge in [-0.2, -0.15) is 0 Å². The van der Waals surface area contributed by atoms with Crippen molar-refractivity contribution in [1.82, 2.24) is 5.32 Å². The van der Waals surface area contributed by atoms with Crippen molar-refractivity contribution >= 4 is 33.0 Å². The molecule has 0 aliphatic carbocycles. The number of sulfonamides is 1. The van der Waals surface area contributed by atoms with Gasteiger partial charge in [-0.25, -0.2) is 8.42 Å². The number of carbonyl (C=O) groups excluding carboxylic acids is 1. The first kappa shape index (κ1) is 16.5. The van der Waals surface area contributed by atoms with Gasteiger partial charge in [0.2, 0.25) is 0 Å². The monoisotopic (exact) mass is 338 g/mol. The zero-order valence-electron chi connectivity index (χ0n) is 12.9. The van der Waals surface area contributed by atoms with Crippen LogP contribution in [0.15, 0.2) is 29.2 Å². The van der Waals surface area contributed by atoms with Crippen molar-refractivity contribution in [2.24, 2.45) is 0 Å². The highest BCUT2D eigenvalue weighted by Crippen LogP contribution is 2.28. The fourth-order valence-electron chi connectivity index (χ4n) is 2.01. The number of anilines is 1. The lowest BCUT2D eigenvalue weighted by Gasteiger charge is -2.11. The molecule has 0 fully saturated rings. The summed E-state index contributed by atoms with van der Waals surface area (Å²) in [6.45, 7) is 5.43. The number of rotatable bonds is 4. The highest BCUT2D eigenvalue weighted by atomic mass is 32.2. The van der Waals surface area contributed by atoms with Crippen molar-refractivity contribution < 1.29 is 13.2 Å². The number of aryl methyl sites for hydroxylation is 3. The fourth-order valence-corrected chi connectivity index (χ4v) is 4.67. The molecule has 0 saturated heterocycles. The van der Waals surface area contributed by atoms with Gasteiger partial charge in [-0.3, -0.25) is 9.52 Å². The second-order valence-electron chi connectivity index (χ2n) is 5.03. The van der Waals surface area contributed by atoms with Crippen LogP contribution >= 0.6 is 11.3 Å². The maximum absolute atomic E-state index is 12.6. The normalized spacial score (nSPS) is 11.3. The van der Waals surface area contributed by atoms with Crippen molar-refractivity contribution in [3.63, 3.8) is 0 Å². The molecule has 0 unspecified atom stereocenters. The first-order valence-electron chi connectivity index (χ1n) is 6.67. The Hall–Kier alpha value is -1.86. The van der Waals surface area contributed by atoms with Crippen molar-refractivity contribution in [1.29, 1.82) is 0 Å². The molecule has 1 heterocycles. The molecule has 0 radical (unpaired) electrons. The molecule has 22 heavy (non-hydrogen) atoms. The topological polar surface area (TPSA) is 75.3 Å². The van der Waals surface area contributed by atoms with E-state index in [1.54, 1.807) is 13.0 Å². The van der Waals surface area contributed by atoms with E-state index in [0.29, 0.717) is 15.4 Å². The minimum absolute atomic E-state index is 0.136. The van der Waals surface area contributed by atoms with Crippen molar-refractivity contribution in [3.8, 4) is 0 Å². The molecular weight excluding hydrogens is 320 g/mol. The minimum atomic E-state index is -3.72. The molecule has 7 heteroatoms. The summed E-state index contributed by atoms with van der Waals surface area (Å²) in [6, 6.07) is 6.98. The van der Waals surface area contributed by atoms with Gasteiger partial charge in [-0.1, -0.05) is 12.1 Å². The third-order valence-electron chi connectivity index (χ3n) is 3.25. The predicted octanol–water partition coefficient (Wildman–Crippen LogP) is 2.83. The first-order valence-corrected chi connectivity index (χ1v) is 8.97. The molecule has 0 bridgehead atoms. The highest BCUT2D eigenvalue weighted by Gasteiger charge is 2.22. The minimum Gasteiger partial charge on any atom is -0.354 e. The summed E-state index contributed by atoms with van der Waals surface area (Å²) in [4.78, 5) is 12.7. The fraction of sp³-hybridized carbons (Fsp3) is 0.267. The van der Waals surface area contributed by atoms with E-state index in [1.807, 2.05) is 26.0 Å². The van der Waals surface area contributed by atoms with Crippen LogP contribution in [0.2, 0.25) is 0 Å². The second-order valence-corrected chi connectivity index (χ2v) is 7.94. The standard InChI is InChI=1S/C15H18N2O3S2/c1-9-5-6-10(2)12(7-9)17-22(19,20)14-8-13(15(18)16-4)21-11(14)3/h5-8,17H,1-4H3,(H,16,18). The maximum atomic E-state index is 12.6. The molecular formula is C15H18N2O3S2. The molecule has 2 rings (SSSR count). The van der Waals surface area contributed by atoms with Crippen molar-refractivity contribution in [2.75, 3.05) is 11.8 Å². The van der Waals surface area contributed by atoms with Gasteiger partial charge < -0.3 is 5.32 Å². The Bertz CT molecular complexity index is 823. The SMILES string of the molecule is CNC(=O)c1cc(S(=O)(=O)Nc2cc(C)ccc2C)c(C)s1. The quantitative estimate of drug-likeness (QED) is 0.900. The van der Waals surface area contributed by atoms with E-state index in [0.717, 1.165) is 22.5 Å². The molecule has 2 N–H and O–H groups in total. The molecule has 1 aromatic heterocycles. The molecule has 118 valence electrons. The van der Waals surface area contributed by atoms with Gasteiger partial charge in [-0.15, -0.1) is 11.3 Å². The van der Waals surface area contributed by atoms with Crippen molar-refractivity contribution in [2.45, 2.75) is 25.7 Å². The molecule has 0 spiro atoms. The van der Waals surface area contributed by atoms with Crippen LogP contribution in [0.25, 0.3) is 0 Å². The number of benzene rings is 1. The molecule has 1 aromatic carbocycles. The lowest BCUT2D eigenvalue weighted by atomic mass is 10.1. The van der Waals surface area contributed by atoms with E-state index in [2.05, 4.69) is 10.0 Å². The molecule has 0 aliphatic heterocycles. The van der Waals surface area contributed by atoms with Gasteiger partial charge in [0, 0.05) is 11.9 Å². The molecule has 0 atom stereocenters. The Morgan fingerprint density at radius 3 is 2.45 bits per heavy atom.